The summed E-state index contributed by atoms with van der Waals surface area (Å²) in [7, 11) is 0. The molecule has 0 radical (unpaired) electrons. The van der Waals surface area contributed by atoms with Gasteiger partial charge in [-0.05, 0) is 210 Å². The molecule has 0 aliphatic heterocycles. The third kappa shape index (κ3) is 15.6. The van der Waals surface area contributed by atoms with Crippen LogP contribution in [-0.2, 0) is 0 Å². The molecule has 12 heteroatoms. The second-order valence-corrected chi connectivity index (χ2v) is 26.5. The van der Waals surface area contributed by atoms with Gasteiger partial charge in [0.2, 0.25) is 0 Å². The summed E-state index contributed by atoms with van der Waals surface area (Å²) in [5.41, 5.74) is 9.09. The molecule has 0 fully saturated rings. The Labute approximate surface area is 526 Å². The van der Waals surface area contributed by atoms with E-state index < -0.39 is 11.8 Å². The van der Waals surface area contributed by atoms with E-state index in [1.54, 1.807) is 0 Å². The van der Waals surface area contributed by atoms with Crippen LogP contribution in [0.1, 0.15) is 223 Å². The highest BCUT2D eigenvalue weighted by atomic mass is 16.5. The van der Waals surface area contributed by atoms with Crippen LogP contribution in [0.2, 0.25) is 0 Å². The number of rotatable bonds is 28. The molecule has 6 aromatic carbocycles. The molecule has 0 heterocycles. The predicted octanol–water partition coefficient (Wildman–Crippen LogP) is 19.4. The van der Waals surface area contributed by atoms with E-state index in [1.165, 1.54) is 0 Å². The Morgan fingerprint density at radius 1 is 0.239 bits per heavy atom. The maximum atomic E-state index is 7.01. The molecule has 476 valence electrons. The highest BCUT2D eigenvalue weighted by molar-refractivity contribution is 6.12. The van der Waals surface area contributed by atoms with Crippen molar-refractivity contribution < 1.29 is 56.8 Å². The summed E-state index contributed by atoms with van der Waals surface area (Å²) in [4.78, 5) is 0. The first-order chi connectivity index (χ1) is 41.5. The Kier molecular flexibility index (Phi) is 21.2. The van der Waals surface area contributed by atoms with Gasteiger partial charge in [0.1, 0.15) is 69.0 Å². The van der Waals surface area contributed by atoms with E-state index >= 15 is 0 Å². The molecule has 8 rings (SSSR count). The number of hydrogen-bond donors (Lipinski definition) is 0. The minimum Gasteiger partial charge on any atom is -0.491 e. The first-order valence-electron chi connectivity index (χ1n) is 32.2. The van der Waals surface area contributed by atoms with E-state index in [0.717, 1.165) is 66.4 Å². The zero-order valence-electron chi connectivity index (χ0n) is 57.1. The minimum absolute atomic E-state index is 0.112. The molecule has 2 aliphatic carbocycles. The van der Waals surface area contributed by atoms with Crippen LogP contribution >= 0.6 is 0 Å². The van der Waals surface area contributed by atoms with Crippen LogP contribution in [0.5, 0.6) is 69.0 Å². The SMILES string of the molecule is CC(C)Oc1cc(OC(C)C)c(C2=CC(c3c(OC(C)C)cc(OC(C)C)cc3OC(C)C)c3ccc4c5c(ccc2c35)C(c2c(OC(C)C)cc(OC(C)C)cc2OC(C)C)C=C4c2c(OC(C)C)cc(OC(C)C)cc2OC(C)C)c(OC(C)C)c1. The highest BCUT2D eigenvalue weighted by Gasteiger charge is 2.39. The molecule has 0 bridgehead atoms. The van der Waals surface area contributed by atoms with Crippen LogP contribution < -0.4 is 56.8 Å². The summed E-state index contributed by atoms with van der Waals surface area (Å²) in [6.45, 7) is 49.0. The molecule has 2 atom stereocenters. The summed E-state index contributed by atoms with van der Waals surface area (Å²) < 4.78 is 82.1. The van der Waals surface area contributed by atoms with Crippen LogP contribution in [0.4, 0.5) is 0 Å². The molecule has 2 unspecified atom stereocenters. The van der Waals surface area contributed by atoms with E-state index in [4.69, 9.17) is 56.8 Å². The molecular formula is C76H100O12. The molecule has 0 saturated heterocycles. The number of benzene rings is 6. The fourth-order valence-electron chi connectivity index (χ4n) is 11.7. The van der Waals surface area contributed by atoms with E-state index in [2.05, 4.69) is 91.8 Å². The monoisotopic (exact) mass is 1200 g/mol. The van der Waals surface area contributed by atoms with Crippen LogP contribution in [0, 0.1) is 0 Å². The summed E-state index contributed by atoms with van der Waals surface area (Å²) in [6.07, 6.45) is 2.56. The van der Waals surface area contributed by atoms with Gasteiger partial charge in [-0.3, -0.25) is 0 Å². The second-order valence-electron chi connectivity index (χ2n) is 26.5. The van der Waals surface area contributed by atoms with Crippen LogP contribution in [-0.4, -0.2) is 73.2 Å². The third-order valence-electron chi connectivity index (χ3n) is 13.9. The lowest BCUT2D eigenvalue weighted by Gasteiger charge is -2.35. The van der Waals surface area contributed by atoms with E-state index in [1.807, 2.05) is 159 Å². The van der Waals surface area contributed by atoms with Gasteiger partial charge in [-0.25, -0.2) is 0 Å². The van der Waals surface area contributed by atoms with Crippen molar-refractivity contribution in [2.45, 2.75) is 251 Å². The van der Waals surface area contributed by atoms with Crippen molar-refractivity contribution in [3.05, 3.63) is 129 Å². The predicted molar refractivity (Wildman–Crippen MR) is 357 cm³/mol. The minimum atomic E-state index is -0.500. The van der Waals surface area contributed by atoms with Crippen molar-refractivity contribution in [3.8, 4) is 69.0 Å². The number of hydrogen-bond acceptors (Lipinski definition) is 12. The lowest BCUT2D eigenvalue weighted by Crippen LogP contribution is -2.19. The Hall–Kier alpha value is -7.34. The van der Waals surface area contributed by atoms with Crippen molar-refractivity contribution in [3.63, 3.8) is 0 Å². The first kappa shape index (κ1) is 66.6. The van der Waals surface area contributed by atoms with E-state index in [-0.39, 0.29) is 73.2 Å². The Morgan fingerprint density at radius 3 is 0.636 bits per heavy atom. The number of ether oxygens (including phenoxy) is 12. The maximum Gasteiger partial charge on any atom is 0.134 e. The average molecular weight is 1210 g/mol. The molecule has 0 saturated carbocycles. The molecule has 0 spiro atoms. The smallest absolute Gasteiger partial charge is 0.134 e. The Balaban J connectivity index is 1.65. The third-order valence-corrected chi connectivity index (χ3v) is 13.9. The van der Waals surface area contributed by atoms with E-state index in [0.29, 0.717) is 69.0 Å². The number of allylic oxidation sites excluding steroid dienone is 2. The largest absolute Gasteiger partial charge is 0.491 e. The average Bonchev–Trinajstić information content (AvgIpc) is 0.747. The molecule has 0 amide bonds. The zero-order chi connectivity index (χ0) is 64.3. The zero-order valence-corrected chi connectivity index (χ0v) is 57.1. The molecular weight excluding hydrogens is 1100 g/mol. The molecule has 6 aromatic rings. The fourth-order valence-corrected chi connectivity index (χ4v) is 11.7. The lowest BCUT2D eigenvalue weighted by molar-refractivity contribution is 0.212. The van der Waals surface area contributed by atoms with E-state index in [9.17, 15) is 0 Å². The fraction of sp³-hybridized carbons (Fsp3) is 0.500. The summed E-state index contributed by atoms with van der Waals surface area (Å²) in [6, 6.07) is 25.2. The summed E-state index contributed by atoms with van der Waals surface area (Å²) in [5.74, 6) is 6.66. The van der Waals surface area contributed by atoms with Gasteiger partial charge in [-0.15, -0.1) is 0 Å². The van der Waals surface area contributed by atoms with Gasteiger partial charge in [0.05, 0.1) is 84.4 Å². The topological polar surface area (TPSA) is 111 Å². The van der Waals surface area contributed by atoms with Gasteiger partial charge in [-0.1, -0.05) is 36.4 Å². The van der Waals surface area contributed by atoms with Crippen molar-refractivity contribution >= 4 is 21.9 Å². The van der Waals surface area contributed by atoms with Crippen molar-refractivity contribution in [2.24, 2.45) is 0 Å². The second kappa shape index (κ2) is 28.0. The van der Waals surface area contributed by atoms with Crippen molar-refractivity contribution in [1.82, 2.24) is 0 Å². The quantitative estimate of drug-likeness (QED) is 0.0466. The maximum absolute atomic E-state index is 7.01. The highest BCUT2D eigenvalue weighted by Crippen LogP contribution is 2.59. The van der Waals surface area contributed by atoms with Gasteiger partial charge in [0, 0.05) is 71.5 Å². The molecule has 0 aromatic heterocycles. The Morgan fingerprint density at radius 2 is 0.432 bits per heavy atom. The molecule has 88 heavy (non-hydrogen) atoms. The van der Waals surface area contributed by atoms with Gasteiger partial charge in [0.25, 0.3) is 0 Å². The van der Waals surface area contributed by atoms with Crippen LogP contribution in [0.15, 0.2) is 84.9 Å². The van der Waals surface area contributed by atoms with Gasteiger partial charge >= 0.3 is 0 Å². The molecule has 0 N–H and O–H groups in total. The van der Waals surface area contributed by atoms with Gasteiger partial charge in [-0.2, -0.15) is 0 Å². The van der Waals surface area contributed by atoms with Crippen LogP contribution in [0.3, 0.4) is 0 Å². The summed E-state index contributed by atoms with van der Waals surface area (Å²) >= 11 is 0. The first-order valence-corrected chi connectivity index (χ1v) is 32.2. The van der Waals surface area contributed by atoms with Crippen molar-refractivity contribution in [1.29, 1.82) is 0 Å². The van der Waals surface area contributed by atoms with Gasteiger partial charge < -0.3 is 56.8 Å². The van der Waals surface area contributed by atoms with Gasteiger partial charge in [0.15, 0.2) is 0 Å². The van der Waals surface area contributed by atoms with Crippen molar-refractivity contribution in [2.75, 3.05) is 0 Å². The molecule has 2 aliphatic rings. The normalized spacial score (nSPS) is 14.8. The lowest BCUT2D eigenvalue weighted by atomic mass is 9.70. The standard InChI is InChI=1S/C76H100O12/c1-39(2)77-51-29-63(81-43(9)10)73(64(30-51)82-44(11)12)59-37-60(74-65(83-45(13)14)31-52(78-40(3)4)32-66(74)84-46(15)16)56-27-28-58-62(76-69(87-49(21)22)35-54(80-42(7)8)36-70(76)88-50(23)24)38-61(57-26-25-55(59)71(56)72(57)58)75-67(85-47(17)18)33-53(79-41(5)6)34-68(75)86-48(19)20/h25-50,59,62H,1-24H3. The molecule has 12 nitrogen and oxygen atoms in total. The Bertz CT molecular complexity index is 3130. The summed E-state index contributed by atoms with van der Waals surface area (Å²) in [5, 5.41) is 2.04. The van der Waals surface area contributed by atoms with Crippen LogP contribution in [0.25, 0.3) is 21.9 Å².